The van der Waals surface area contributed by atoms with E-state index in [2.05, 4.69) is 36.4 Å². The Kier molecular flexibility index (Phi) is 2.96. The van der Waals surface area contributed by atoms with E-state index in [9.17, 15) is 0 Å². The first kappa shape index (κ1) is 7.29. The molecule has 0 aliphatic carbocycles. The lowest BCUT2D eigenvalue weighted by atomic mass is 10.2. The SMILES string of the molecule is [SiH3]CC=Cc1ccccc1. The Morgan fingerprint density at radius 3 is 2.50 bits per heavy atom. The highest BCUT2D eigenvalue weighted by Crippen LogP contribution is 2.00. The summed E-state index contributed by atoms with van der Waals surface area (Å²) in [5.74, 6) is 0. The molecule has 0 nitrogen and oxygen atoms in total. The predicted molar refractivity (Wildman–Crippen MR) is 50.2 cm³/mol. The monoisotopic (exact) mass is 148 g/mol. The molecule has 1 aromatic rings. The Bertz CT molecular complexity index is 201. The fourth-order valence-corrected chi connectivity index (χ4v) is 1.05. The van der Waals surface area contributed by atoms with Crippen LogP contribution >= 0.6 is 0 Å². The van der Waals surface area contributed by atoms with Crippen molar-refractivity contribution in [2.45, 2.75) is 6.04 Å². The van der Waals surface area contributed by atoms with Crippen LogP contribution < -0.4 is 0 Å². The van der Waals surface area contributed by atoms with Crippen molar-refractivity contribution >= 4 is 16.3 Å². The zero-order valence-electron chi connectivity index (χ0n) is 6.25. The quantitative estimate of drug-likeness (QED) is 0.557. The van der Waals surface area contributed by atoms with Crippen molar-refractivity contribution in [2.24, 2.45) is 0 Å². The molecule has 0 saturated carbocycles. The Hall–Kier alpha value is -0.823. The number of hydrogen-bond donors (Lipinski definition) is 0. The van der Waals surface area contributed by atoms with Crippen molar-refractivity contribution < 1.29 is 0 Å². The van der Waals surface area contributed by atoms with E-state index in [0.29, 0.717) is 0 Å². The van der Waals surface area contributed by atoms with Crippen LogP contribution in [-0.4, -0.2) is 10.2 Å². The highest BCUT2D eigenvalue weighted by Gasteiger charge is 1.79. The molecule has 0 unspecified atom stereocenters. The maximum Gasteiger partial charge on any atom is 0.00756 e. The van der Waals surface area contributed by atoms with Crippen LogP contribution in [0.5, 0.6) is 0 Å². The average Bonchev–Trinajstić information content (AvgIpc) is 2.03. The van der Waals surface area contributed by atoms with Crippen LogP contribution in [0.4, 0.5) is 0 Å². The molecule has 0 aliphatic rings. The topological polar surface area (TPSA) is 0 Å². The smallest absolute Gasteiger partial charge is 0.00756 e. The normalized spacial score (nSPS) is 10.8. The summed E-state index contributed by atoms with van der Waals surface area (Å²) in [5, 5.41) is 0. The number of hydrogen-bond acceptors (Lipinski definition) is 0. The number of rotatable bonds is 2. The van der Waals surface area contributed by atoms with E-state index in [1.54, 1.807) is 0 Å². The highest BCUT2D eigenvalue weighted by atomic mass is 28.1. The lowest BCUT2D eigenvalue weighted by molar-refractivity contribution is 1.64. The lowest BCUT2D eigenvalue weighted by Crippen LogP contribution is -1.67. The van der Waals surface area contributed by atoms with Crippen LogP contribution in [0.1, 0.15) is 5.56 Å². The first-order valence-electron chi connectivity index (χ1n) is 3.65. The summed E-state index contributed by atoms with van der Waals surface area (Å²) in [4.78, 5) is 0. The molecule has 0 saturated heterocycles. The van der Waals surface area contributed by atoms with Gasteiger partial charge >= 0.3 is 0 Å². The van der Waals surface area contributed by atoms with Gasteiger partial charge in [-0.05, 0) is 11.6 Å². The third-order valence-electron chi connectivity index (χ3n) is 1.35. The fraction of sp³-hybridized carbons (Fsp3) is 0.111. The molecule has 1 heteroatoms. The van der Waals surface area contributed by atoms with Gasteiger partial charge in [0, 0.05) is 10.2 Å². The summed E-state index contributed by atoms with van der Waals surface area (Å²) >= 11 is 0. The van der Waals surface area contributed by atoms with Gasteiger partial charge in [-0.3, -0.25) is 0 Å². The minimum atomic E-state index is 1.24. The Morgan fingerprint density at radius 1 is 1.20 bits per heavy atom. The first-order chi connectivity index (χ1) is 4.93. The van der Waals surface area contributed by atoms with Gasteiger partial charge < -0.3 is 0 Å². The van der Waals surface area contributed by atoms with E-state index in [-0.39, 0.29) is 0 Å². The third-order valence-corrected chi connectivity index (χ3v) is 1.82. The molecule has 0 amide bonds. The molecule has 0 atom stereocenters. The van der Waals surface area contributed by atoms with Crippen LogP contribution in [0, 0.1) is 0 Å². The predicted octanol–water partition coefficient (Wildman–Crippen LogP) is 1.48. The summed E-state index contributed by atoms with van der Waals surface area (Å²) < 4.78 is 0. The fourth-order valence-electron chi connectivity index (χ4n) is 0.818. The van der Waals surface area contributed by atoms with Gasteiger partial charge in [-0.2, -0.15) is 0 Å². The Morgan fingerprint density at radius 2 is 1.90 bits per heavy atom. The standard InChI is InChI=1S/C9H12Si/c10-8-4-7-9-5-2-1-3-6-9/h1-7H,8H2,10H3. The molecular formula is C9H12Si. The van der Waals surface area contributed by atoms with Gasteiger partial charge in [0.15, 0.2) is 0 Å². The maximum atomic E-state index is 2.22. The molecule has 0 bridgehead atoms. The Balaban J connectivity index is 2.67. The van der Waals surface area contributed by atoms with Gasteiger partial charge in [-0.15, -0.1) is 0 Å². The molecule has 0 aliphatic heterocycles. The molecular weight excluding hydrogens is 136 g/mol. The molecule has 0 N–H and O–H groups in total. The highest BCUT2D eigenvalue weighted by molar-refractivity contribution is 6.09. The molecule has 0 fully saturated rings. The molecule has 1 aromatic carbocycles. The molecule has 0 radical (unpaired) electrons. The summed E-state index contributed by atoms with van der Waals surface area (Å²) in [6, 6.07) is 11.6. The van der Waals surface area contributed by atoms with Crippen LogP contribution in [0.3, 0.4) is 0 Å². The van der Waals surface area contributed by atoms with E-state index in [1.807, 2.05) is 6.07 Å². The lowest BCUT2D eigenvalue weighted by Gasteiger charge is -1.88. The molecule has 0 heterocycles. The Labute approximate surface area is 65.0 Å². The zero-order valence-corrected chi connectivity index (χ0v) is 8.25. The van der Waals surface area contributed by atoms with Crippen molar-refractivity contribution in [3.63, 3.8) is 0 Å². The average molecular weight is 148 g/mol. The summed E-state index contributed by atoms with van der Waals surface area (Å²) in [5.41, 5.74) is 1.30. The van der Waals surface area contributed by atoms with Crippen molar-refractivity contribution in [3.8, 4) is 0 Å². The third kappa shape index (κ3) is 2.19. The summed E-state index contributed by atoms with van der Waals surface area (Å²) in [6.07, 6.45) is 4.40. The van der Waals surface area contributed by atoms with E-state index in [0.717, 1.165) is 0 Å². The minimum absolute atomic E-state index is 1.24. The van der Waals surface area contributed by atoms with E-state index >= 15 is 0 Å². The van der Waals surface area contributed by atoms with E-state index in [1.165, 1.54) is 21.9 Å². The van der Waals surface area contributed by atoms with Crippen LogP contribution in [0.2, 0.25) is 6.04 Å². The number of allylic oxidation sites excluding steroid dienone is 1. The second-order valence-corrected chi connectivity index (χ2v) is 3.04. The zero-order chi connectivity index (χ0) is 7.23. The van der Waals surface area contributed by atoms with Gasteiger partial charge in [0.1, 0.15) is 0 Å². The van der Waals surface area contributed by atoms with Gasteiger partial charge in [-0.25, -0.2) is 0 Å². The van der Waals surface area contributed by atoms with Gasteiger partial charge in [0.25, 0.3) is 0 Å². The first-order valence-corrected chi connectivity index (χ1v) is 5.06. The van der Waals surface area contributed by atoms with Crippen molar-refractivity contribution in [1.29, 1.82) is 0 Å². The van der Waals surface area contributed by atoms with E-state index in [4.69, 9.17) is 0 Å². The van der Waals surface area contributed by atoms with Gasteiger partial charge in [0.2, 0.25) is 0 Å². The van der Waals surface area contributed by atoms with Crippen molar-refractivity contribution in [2.75, 3.05) is 0 Å². The molecule has 0 spiro atoms. The molecule has 52 valence electrons. The van der Waals surface area contributed by atoms with Crippen LogP contribution in [-0.2, 0) is 0 Å². The van der Waals surface area contributed by atoms with Crippen molar-refractivity contribution in [1.82, 2.24) is 0 Å². The second-order valence-electron chi connectivity index (χ2n) is 2.22. The summed E-state index contributed by atoms with van der Waals surface area (Å²) in [6.45, 7) is 0. The largest absolute Gasteiger partial charge is 0.0875 e. The number of benzene rings is 1. The molecule has 1 rings (SSSR count). The molecule has 0 aromatic heterocycles. The maximum absolute atomic E-state index is 2.22. The van der Waals surface area contributed by atoms with Gasteiger partial charge in [-0.1, -0.05) is 42.5 Å². The molecule has 10 heavy (non-hydrogen) atoms. The second kappa shape index (κ2) is 4.07. The van der Waals surface area contributed by atoms with E-state index < -0.39 is 0 Å². The van der Waals surface area contributed by atoms with Crippen LogP contribution in [0.15, 0.2) is 36.4 Å². The van der Waals surface area contributed by atoms with Gasteiger partial charge in [0.05, 0.1) is 0 Å². The minimum Gasteiger partial charge on any atom is -0.0875 e. The summed E-state index contributed by atoms with van der Waals surface area (Å²) in [7, 11) is 1.26. The van der Waals surface area contributed by atoms with Crippen molar-refractivity contribution in [3.05, 3.63) is 42.0 Å². The van der Waals surface area contributed by atoms with Crippen LogP contribution in [0.25, 0.3) is 6.08 Å².